The van der Waals surface area contributed by atoms with Crippen molar-refractivity contribution in [1.82, 2.24) is 0 Å². The van der Waals surface area contributed by atoms with Crippen molar-refractivity contribution in [3.8, 4) is 17.2 Å². The third kappa shape index (κ3) is 2.67. The van der Waals surface area contributed by atoms with Crippen molar-refractivity contribution in [3.63, 3.8) is 0 Å². The molecule has 2 heteroatoms. The van der Waals surface area contributed by atoms with Crippen molar-refractivity contribution in [3.05, 3.63) is 66.7 Å². The van der Waals surface area contributed by atoms with Crippen LogP contribution < -0.4 is 4.74 Å². The van der Waals surface area contributed by atoms with E-state index in [0.717, 1.165) is 5.56 Å². The van der Waals surface area contributed by atoms with Crippen molar-refractivity contribution in [2.45, 2.75) is 6.42 Å². The van der Waals surface area contributed by atoms with E-state index in [-0.39, 0.29) is 5.75 Å². The van der Waals surface area contributed by atoms with Crippen LogP contribution in [0.2, 0.25) is 0 Å². The van der Waals surface area contributed by atoms with Gasteiger partial charge < -0.3 is 9.84 Å². The molecule has 2 aromatic carbocycles. The predicted molar refractivity (Wildman–Crippen MR) is 68.5 cm³/mol. The Hall–Kier alpha value is -2.22. The first-order valence-corrected chi connectivity index (χ1v) is 5.46. The molecule has 86 valence electrons. The van der Waals surface area contributed by atoms with Gasteiger partial charge in [-0.25, -0.2) is 0 Å². The van der Waals surface area contributed by atoms with Gasteiger partial charge in [0.2, 0.25) is 0 Å². The number of benzene rings is 2. The predicted octanol–water partition coefficient (Wildman–Crippen LogP) is 3.91. The van der Waals surface area contributed by atoms with Gasteiger partial charge in [-0.3, -0.25) is 0 Å². The van der Waals surface area contributed by atoms with E-state index in [4.69, 9.17) is 4.74 Å². The first-order valence-electron chi connectivity index (χ1n) is 5.46. The summed E-state index contributed by atoms with van der Waals surface area (Å²) in [6.45, 7) is 3.70. The number of hydrogen-bond donors (Lipinski definition) is 1. The summed E-state index contributed by atoms with van der Waals surface area (Å²) >= 11 is 0. The van der Waals surface area contributed by atoms with Gasteiger partial charge in [0, 0.05) is 5.56 Å². The van der Waals surface area contributed by atoms with Crippen LogP contribution in [0.4, 0.5) is 0 Å². The van der Waals surface area contributed by atoms with Crippen molar-refractivity contribution < 1.29 is 9.84 Å². The van der Waals surface area contributed by atoms with Crippen molar-refractivity contribution in [2.75, 3.05) is 0 Å². The maximum atomic E-state index is 9.82. The van der Waals surface area contributed by atoms with Crippen molar-refractivity contribution >= 4 is 0 Å². The fraction of sp³-hybridized carbons (Fsp3) is 0.0667. The minimum Gasteiger partial charge on any atom is -0.504 e. The van der Waals surface area contributed by atoms with Crippen molar-refractivity contribution in [2.24, 2.45) is 0 Å². The second kappa shape index (κ2) is 5.21. The molecule has 2 aromatic rings. The van der Waals surface area contributed by atoms with E-state index in [9.17, 15) is 5.11 Å². The van der Waals surface area contributed by atoms with Gasteiger partial charge in [0.05, 0.1) is 0 Å². The Morgan fingerprint density at radius 1 is 1.06 bits per heavy atom. The minimum atomic E-state index is 0.146. The smallest absolute Gasteiger partial charge is 0.172 e. The third-order valence-corrected chi connectivity index (χ3v) is 2.40. The zero-order valence-electron chi connectivity index (χ0n) is 9.47. The van der Waals surface area contributed by atoms with E-state index in [1.807, 2.05) is 36.4 Å². The zero-order chi connectivity index (χ0) is 12.1. The maximum Gasteiger partial charge on any atom is 0.172 e. The second-order valence-corrected chi connectivity index (χ2v) is 3.67. The Morgan fingerprint density at radius 3 is 2.53 bits per heavy atom. The van der Waals surface area contributed by atoms with Crippen LogP contribution in [0, 0.1) is 0 Å². The van der Waals surface area contributed by atoms with Crippen LogP contribution in [-0.4, -0.2) is 5.11 Å². The standard InChI is InChI=1S/C15H14O2/c1-2-7-12-8-6-11-14(16)15(12)17-13-9-4-3-5-10-13/h2-6,8-11,16H,1,7H2. The molecule has 0 radical (unpaired) electrons. The summed E-state index contributed by atoms with van der Waals surface area (Å²) in [5, 5.41) is 9.82. The molecule has 0 saturated carbocycles. The number of phenols is 1. The zero-order valence-corrected chi connectivity index (χ0v) is 9.47. The maximum absolute atomic E-state index is 9.82. The molecule has 0 fully saturated rings. The molecule has 0 saturated heterocycles. The molecule has 2 rings (SSSR count). The van der Waals surface area contributed by atoms with E-state index in [1.165, 1.54) is 0 Å². The Kier molecular flexibility index (Phi) is 3.46. The van der Waals surface area contributed by atoms with Crippen LogP contribution in [0.5, 0.6) is 17.2 Å². The van der Waals surface area contributed by atoms with E-state index in [2.05, 4.69) is 6.58 Å². The summed E-state index contributed by atoms with van der Waals surface area (Å²) in [5.74, 6) is 1.35. The second-order valence-electron chi connectivity index (χ2n) is 3.67. The van der Waals surface area contributed by atoms with Gasteiger partial charge in [-0.2, -0.15) is 0 Å². The Bertz CT molecular complexity index is 504. The van der Waals surface area contributed by atoms with Crippen LogP contribution in [0.15, 0.2) is 61.2 Å². The van der Waals surface area contributed by atoms with Crippen LogP contribution in [0.25, 0.3) is 0 Å². The molecule has 1 N–H and O–H groups in total. The monoisotopic (exact) mass is 226 g/mol. The number of para-hydroxylation sites is 2. The molecule has 0 atom stereocenters. The Balaban J connectivity index is 2.34. The molecule has 0 spiro atoms. The van der Waals surface area contributed by atoms with Gasteiger partial charge in [-0.05, 0) is 24.6 Å². The molecule has 17 heavy (non-hydrogen) atoms. The lowest BCUT2D eigenvalue weighted by atomic mass is 10.1. The van der Waals surface area contributed by atoms with E-state index >= 15 is 0 Å². The number of rotatable bonds is 4. The van der Waals surface area contributed by atoms with E-state index in [0.29, 0.717) is 17.9 Å². The molecule has 0 bridgehead atoms. The lowest BCUT2D eigenvalue weighted by Crippen LogP contribution is -1.91. The van der Waals surface area contributed by atoms with Crippen LogP contribution in [0.3, 0.4) is 0 Å². The molecule has 0 unspecified atom stereocenters. The molecule has 0 aromatic heterocycles. The lowest BCUT2D eigenvalue weighted by molar-refractivity contribution is 0.408. The first kappa shape index (κ1) is 11.3. The van der Waals surface area contributed by atoms with Crippen LogP contribution in [0.1, 0.15) is 5.56 Å². The highest BCUT2D eigenvalue weighted by molar-refractivity contribution is 5.48. The average molecular weight is 226 g/mol. The van der Waals surface area contributed by atoms with Gasteiger partial charge in [-0.15, -0.1) is 6.58 Å². The van der Waals surface area contributed by atoms with Crippen molar-refractivity contribution in [1.29, 1.82) is 0 Å². The van der Waals surface area contributed by atoms with Gasteiger partial charge in [0.25, 0.3) is 0 Å². The number of hydrogen-bond acceptors (Lipinski definition) is 2. The molecule has 0 aliphatic carbocycles. The molecule has 0 amide bonds. The average Bonchev–Trinajstić information content (AvgIpc) is 2.35. The summed E-state index contributed by atoms with van der Waals surface area (Å²) in [4.78, 5) is 0. The summed E-state index contributed by atoms with van der Waals surface area (Å²) in [6, 6.07) is 14.7. The third-order valence-electron chi connectivity index (χ3n) is 2.40. The molecular formula is C15H14O2. The van der Waals surface area contributed by atoms with Crippen LogP contribution >= 0.6 is 0 Å². The van der Waals surface area contributed by atoms with E-state index < -0.39 is 0 Å². The Morgan fingerprint density at radius 2 is 1.82 bits per heavy atom. The molecule has 0 aliphatic rings. The fourth-order valence-electron chi connectivity index (χ4n) is 1.61. The quantitative estimate of drug-likeness (QED) is 0.801. The van der Waals surface area contributed by atoms with Gasteiger partial charge >= 0.3 is 0 Å². The van der Waals surface area contributed by atoms with Gasteiger partial charge in [0.15, 0.2) is 11.5 Å². The fourth-order valence-corrected chi connectivity index (χ4v) is 1.61. The molecule has 2 nitrogen and oxygen atoms in total. The highest BCUT2D eigenvalue weighted by Gasteiger charge is 2.08. The number of phenolic OH excluding ortho intramolecular Hbond substituents is 1. The summed E-state index contributed by atoms with van der Waals surface area (Å²) in [7, 11) is 0. The number of aromatic hydroxyl groups is 1. The minimum absolute atomic E-state index is 0.146. The molecular weight excluding hydrogens is 212 g/mol. The summed E-state index contributed by atoms with van der Waals surface area (Å²) in [6.07, 6.45) is 2.45. The molecule has 0 heterocycles. The first-order chi connectivity index (χ1) is 8.31. The van der Waals surface area contributed by atoms with Gasteiger partial charge in [-0.1, -0.05) is 36.4 Å². The largest absolute Gasteiger partial charge is 0.504 e. The summed E-state index contributed by atoms with van der Waals surface area (Å²) in [5.41, 5.74) is 0.920. The topological polar surface area (TPSA) is 29.5 Å². The highest BCUT2D eigenvalue weighted by atomic mass is 16.5. The number of ether oxygens (including phenoxy) is 1. The Labute approximate surface area is 101 Å². The number of allylic oxidation sites excluding steroid dienone is 1. The lowest BCUT2D eigenvalue weighted by Gasteiger charge is -2.11. The van der Waals surface area contributed by atoms with Gasteiger partial charge in [0.1, 0.15) is 5.75 Å². The highest BCUT2D eigenvalue weighted by Crippen LogP contribution is 2.34. The van der Waals surface area contributed by atoms with E-state index in [1.54, 1.807) is 18.2 Å². The van der Waals surface area contributed by atoms with Crippen LogP contribution in [-0.2, 0) is 6.42 Å². The molecule has 0 aliphatic heterocycles. The normalized spacial score (nSPS) is 9.88. The SMILES string of the molecule is C=CCc1cccc(O)c1Oc1ccccc1. The summed E-state index contributed by atoms with van der Waals surface area (Å²) < 4.78 is 5.70.